The lowest BCUT2D eigenvalue weighted by atomic mass is 9.91. The Morgan fingerprint density at radius 3 is 2.40 bits per heavy atom. The Morgan fingerprint density at radius 1 is 1.30 bits per heavy atom. The molecule has 1 aliphatic rings. The van der Waals surface area contributed by atoms with Crippen molar-refractivity contribution < 1.29 is 0 Å². The van der Waals surface area contributed by atoms with E-state index in [0.29, 0.717) is 6.04 Å². The van der Waals surface area contributed by atoms with Crippen LogP contribution in [0.25, 0.3) is 0 Å². The first kappa shape index (κ1) is 8.02. The Kier molecular flexibility index (Phi) is 2.69. The highest BCUT2D eigenvalue weighted by atomic mass is 15.1. The van der Waals surface area contributed by atoms with Crippen molar-refractivity contribution in [2.24, 2.45) is 5.73 Å². The molecule has 0 spiro atoms. The standard InChI is InChI=1S/C8H18N2/c1-10(2)8-5-3-4-7(9)6-8/h7-8H,3-6,9H2,1-2H3/t7-,8+/m1/s1. The molecule has 1 fully saturated rings. The summed E-state index contributed by atoms with van der Waals surface area (Å²) in [4.78, 5) is 2.29. The molecule has 2 N–H and O–H groups in total. The first-order valence-corrected chi connectivity index (χ1v) is 4.12. The predicted octanol–water partition coefficient (Wildman–Crippen LogP) is 0.818. The van der Waals surface area contributed by atoms with E-state index in [2.05, 4.69) is 19.0 Å². The zero-order chi connectivity index (χ0) is 7.56. The van der Waals surface area contributed by atoms with Crippen molar-refractivity contribution in [3.05, 3.63) is 0 Å². The number of nitrogens with zero attached hydrogens (tertiary/aromatic N) is 1. The van der Waals surface area contributed by atoms with Gasteiger partial charge in [0.15, 0.2) is 0 Å². The van der Waals surface area contributed by atoms with Gasteiger partial charge in [0.25, 0.3) is 0 Å². The fraction of sp³-hybridized carbons (Fsp3) is 1.00. The number of nitrogens with two attached hydrogens (primary N) is 1. The van der Waals surface area contributed by atoms with E-state index in [9.17, 15) is 0 Å². The molecule has 2 heteroatoms. The van der Waals surface area contributed by atoms with Gasteiger partial charge in [-0.15, -0.1) is 0 Å². The summed E-state index contributed by atoms with van der Waals surface area (Å²) in [6, 6.07) is 1.20. The topological polar surface area (TPSA) is 29.3 Å². The largest absolute Gasteiger partial charge is 0.328 e. The minimum atomic E-state index is 0.459. The molecular formula is C8H18N2. The van der Waals surface area contributed by atoms with E-state index in [0.717, 1.165) is 6.04 Å². The van der Waals surface area contributed by atoms with Gasteiger partial charge in [-0.2, -0.15) is 0 Å². The van der Waals surface area contributed by atoms with Crippen LogP contribution in [0.5, 0.6) is 0 Å². The molecule has 0 aromatic carbocycles. The van der Waals surface area contributed by atoms with Gasteiger partial charge in [-0.1, -0.05) is 6.42 Å². The molecule has 0 radical (unpaired) electrons. The summed E-state index contributed by atoms with van der Waals surface area (Å²) in [5.74, 6) is 0. The molecule has 0 heterocycles. The lowest BCUT2D eigenvalue weighted by Crippen LogP contribution is -2.38. The van der Waals surface area contributed by atoms with Crippen LogP contribution in [-0.4, -0.2) is 31.1 Å². The van der Waals surface area contributed by atoms with Gasteiger partial charge in [-0.05, 0) is 33.4 Å². The highest BCUT2D eigenvalue weighted by Gasteiger charge is 2.19. The van der Waals surface area contributed by atoms with E-state index < -0.39 is 0 Å². The van der Waals surface area contributed by atoms with Crippen LogP contribution in [0.3, 0.4) is 0 Å². The van der Waals surface area contributed by atoms with Crippen LogP contribution in [0, 0.1) is 0 Å². The summed E-state index contributed by atoms with van der Waals surface area (Å²) in [6.45, 7) is 0. The third kappa shape index (κ3) is 1.96. The fourth-order valence-electron chi connectivity index (χ4n) is 1.67. The molecule has 0 aliphatic heterocycles. The zero-order valence-electron chi connectivity index (χ0n) is 7.01. The van der Waals surface area contributed by atoms with Gasteiger partial charge in [0.2, 0.25) is 0 Å². The molecule has 0 amide bonds. The Morgan fingerprint density at radius 2 is 2.00 bits per heavy atom. The van der Waals surface area contributed by atoms with E-state index in [4.69, 9.17) is 5.73 Å². The van der Waals surface area contributed by atoms with Crippen LogP contribution in [0.15, 0.2) is 0 Å². The van der Waals surface area contributed by atoms with Crippen LogP contribution in [-0.2, 0) is 0 Å². The second kappa shape index (κ2) is 3.35. The Hall–Kier alpha value is -0.0800. The second-order valence-electron chi connectivity index (χ2n) is 3.54. The van der Waals surface area contributed by atoms with Crippen molar-refractivity contribution in [1.82, 2.24) is 4.90 Å². The quantitative estimate of drug-likeness (QED) is 0.587. The Balaban J connectivity index is 2.32. The summed E-state index contributed by atoms with van der Waals surface area (Å²) in [7, 11) is 4.28. The van der Waals surface area contributed by atoms with Gasteiger partial charge in [-0.3, -0.25) is 0 Å². The van der Waals surface area contributed by atoms with E-state index >= 15 is 0 Å². The minimum Gasteiger partial charge on any atom is -0.328 e. The lowest BCUT2D eigenvalue weighted by molar-refractivity contribution is 0.214. The summed E-state index contributed by atoms with van der Waals surface area (Å²) in [5, 5.41) is 0. The molecule has 0 aromatic rings. The Bertz CT molecular complexity index is 101. The van der Waals surface area contributed by atoms with E-state index in [-0.39, 0.29) is 0 Å². The number of hydrogen-bond acceptors (Lipinski definition) is 2. The van der Waals surface area contributed by atoms with Gasteiger partial charge in [0.1, 0.15) is 0 Å². The summed E-state index contributed by atoms with van der Waals surface area (Å²) < 4.78 is 0. The monoisotopic (exact) mass is 142 g/mol. The van der Waals surface area contributed by atoms with Crippen molar-refractivity contribution >= 4 is 0 Å². The van der Waals surface area contributed by atoms with Crippen molar-refractivity contribution in [3.8, 4) is 0 Å². The minimum absolute atomic E-state index is 0.459. The van der Waals surface area contributed by atoms with Crippen LogP contribution < -0.4 is 5.73 Å². The molecule has 60 valence electrons. The molecule has 0 aromatic heterocycles. The molecule has 2 atom stereocenters. The maximum absolute atomic E-state index is 5.84. The molecule has 1 aliphatic carbocycles. The van der Waals surface area contributed by atoms with Gasteiger partial charge in [0.05, 0.1) is 0 Å². The lowest BCUT2D eigenvalue weighted by Gasteiger charge is -2.31. The van der Waals surface area contributed by atoms with Gasteiger partial charge >= 0.3 is 0 Å². The van der Waals surface area contributed by atoms with Crippen molar-refractivity contribution in [1.29, 1.82) is 0 Å². The van der Waals surface area contributed by atoms with Crippen molar-refractivity contribution in [3.63, 3.8) is 0 Å². The number of hydrogen-bond donors (Lipinski definition) is 1. The number of rotatable bonds is 1. The molecule has 1 rings (SSSR count). The van der Waals surface area contributed by atoms with Crippen molar-refractivity contribution in [2.45, 2.75) is 37.8 Å². The molecule has 0 bridgehead atoms. The summed E-state index contributed by atoms with van der Waals surface area (Å²) in [6.07, 6.45) is 5.06. The highest BCUT2D eigenvalue weighted by molar-refractivity contribution is 4.79. The smallest absolute Gasteiger partial charge is 0.0104 e. The molecule has 0 unspecified atom stereocenters. The highest BCUT2D eigenvalue weighted by Crippen LogP contribution is 2.19. The molecule has 10 heavy (non-hydrogen) atoms. The average Bonchev–Trinajstić information content (AvgIpc) is 1.88. The molecule has 2 nitrogen and oxygen atoms in total. The van der Waals surface area contributed by atoms with Gasteiger partial charge < -0.3 is 10.6 Å². The van der Waals surface area contributed by atoms with Crippen LogP contribution in [0.1, 0.15) is 25.7 Å². The molecule has 1 saturated carbocycles. The zero-order valence-corrected chi connectivity index (χ0v) is 7.01. The van der Waals surface area contributed by atoms with Crippen LogP contribution in [0.2, 0.25) is 0 Å². The van der Waals surface area contributed by atoms with E-state index in [1.807, 2.05) is 0 Å². The van der Waals surface area contributed by atoms with Crippen molar-refractivity contribution in [2.75, 3.05) is 14.1 Å². The van der Waals surface area contributed by atoms with E-state index in [1.165, 1.54) is 25.7 Å². The first-order valence-electron chi connectivity index (χ1n) is 4.12. The normalized spacial score (nSPS) is 34.8. The molecule has 0 saturated heterocycles. The molecular weight excluding hydrogens is 124 g/mol. The predicted molar refractivity (Wildman–Crippen MR) is 43.9 cm³/mol. The van der Waals surface area contributed by atoms with E-state index in [1.54, 1.807) is 0 Å². The Labute approximate surface area is 63.4 Å². The maximum Gasteiger partial charge on any atom is 0.0104 e. The van der Waals surface area contributed by atoms with Gasteiger partial charge in [0, 0.05) is 12.1 Å². The average molecular weight is 142 g/mol. The fourth-order valence-corrected chi connectivity index (χ4v) is 1.67. The third-order valence-corrected chi connectivity index (χ3v) is 2.42. The van der Waals surface area contributed by atoms with Crippen LogP contribution in [0.4, 0.5) is 0 Å². The summed E-state index contributed by atoms with van der Waals surface area (Å²) >= 11 is 0. The maximum atomic E-state index is 5.84. The van der Waals surface area contributed by atoms with Crippen LogP contribution >= 0.6 is 0 Å². The second-order valence-corrected chi connectivity index (χ2v) is 3.54. The first-order chi connectivity index (χ1) is 4.70. The van der Waals surface area contributed by atoms with Gasteiger partial charge in [-0.25, -0.2) is 0 Å². The third-order valence-electron chi connectivity index (χ3n) is 2.42. The SMILES string of the molecule is CN(C)[C@H]1CCC[C@@H](N)C1. The summed E-state index contributed by atoms with van der Waals surface area (Å²) in [5.41, 5.74) is 5.84.